The van der Waals surface area contributed by atoms with Crippen LogP contribution in [0.1, 0.15) is 174 Å². The second kappa shape index (κ2) is 24.2. The van der Waals surface area contributed by atoms with Gasteiger partial charge in [0.05, 0.1) is 36.6 Å². The van der Waals surface area contributed by atoms with E-state index in [1.807, 2.05) is 6.92 Å². The SMILES string of the molecule is CCCCCCCCCCCCCC[C@@H](O)[C@H]1CC[C@H]([C@H](O)CCCCC[C@H](O)CCCC[C@@H](O)CC2=C[C@H](C)OC2=O)O1. The molecule has 0 bridgehead atoms. The Bertz CT molecular complexity index is 756. The lowest BCUT2D eigenvalue weighted by atomic mass is 9.99. The van der Waals surface area contributed by atoms with Crippen LogP contribution < -0.4 is 0 Å². The molecule has 44 heavy (non-hydrogen) atoms. The molecule has 0 saturated carbocycles. The summed E-state index contributed by atoms with van der Waals surface area (Å²) in [6.45, 7) is 4.08. The highest BCUT2D eigenvalue weighted by Gasteiger charge is 2.34. The lowest BCUT2D eigenvalue weighted by Crippen LogP contribution is -2.31. The van der Waals surface area contributed by atoms with Gasteiger partial charge in [0, 0.05) is 12.0 Å². The summed E-state index contributed by atoms with van der Waals surface area (Å²) in [7, 11) is 0. The predicted molar refractivity (Wildman–Crippen MR) is 177 cm³/mol. The van der Waals surface area contributed by atoms with Gasteiger partial charge in [0.15, 0.2) is 0 Å². The van der Waals surface area contributed by atoms with Gasteiger partial charge in [-0.25, -0.2) is 4.79 Å². The molecule has 0 spiro atoms. The Labute approximate surface area is 269 Å². The number of unbranched alkanes of at least 4 members (excludes halogenated alkanes) is 14. The Morgan fingerprint density at radius 2 is 1.05 bits per heavy atom. The summed E-state index contributed by atoms with van der Waals surface area (Å²) in [5.41, 5.74) is 0.567. The van der Waals surface area contributed by atoms with E-state index < -0.39 is 18.3 Å². The summed E-state index contributed by atoms with van der Waals surface area (Å²) < 4.78 is 11.1. The van der Waals surface area contributed by atoms with Gasteiger partial charge < -0.3 is 29.9 Å². The highest BCUT2D eigenvalue weighted by atomic mass is 16.5. The zero-order chi connectivity index (χ0) is 32.0. The molecule has 2 rings (SSSR count). The van der Waals surface area contributed by atoms with Crippen LogP contribution in [0, 0.1) is 0 Å². The van der Waals surface area contributed by atoms with Gasteiger partial charge in [0.25, 0.3) is 0 Å². The monoisotopic (exact) mass is 624 g/mol. The Morgan fingerprint density at radius 1 is 0.636 bits per heavy atom. The van der Waals surface area contributed by atoms with E-state index in [0.29, 0.717) is 24.8 Å². The fraction of sp³-hybridized carbons (Fsp3) is 0.919. The molecule has 0 aromatic rings. The Hall–Kier alpha value is -0.990. The fourth-order valence-electron chi connectivity index (χ4n) is 6.77. The summed E-state index contributed by atoms with van der Waals surface area (Å²) in [5, 5.41) is 41.8. The van der Waals surface area contributed by atoms with Gasteiger partial charge in [-0.15, -0.1) is 0 Å². The van der Waals surface area contributed by atoms with Gasteiger partial charge in [-0.3, -0.25) is 0 Å². The molecule has 0 aromatic carbocycles. The van der Waals surface area contributed by atoms with Crippen molar-refractivity contribution in [1.29, 1.82) is 0 Å². The van der Waals surface area contributed by atoms with Crippen molar-refractivity contribution in [2.45, 2.75) is 217 Å². The van der Waals surface area contributed by atoms with Crippen LogP contribution in [0.3, 0.4) is 0 Å². The Kier molecular flexibility index (Phi) is 21.6. The van der Waals surface area contributed by atoms with Crippen molar-refractivity contribution in [1.82, 2.24) is 0 Å². The third-order valence-corrected chi connectivity index (χ3v) is 9.61. The molecule has 258 valence electrons. The molecule has 7 atom stereocenters. The van der Waals surface area contributed by atoms with Crippen LogP contribution in [0.5, 0.6) is 0 Å². The van der Waals surface area contributed by atoms with Crippen molar-refractivity contribution >= 4 is 5.97 Å². The van der Waals surface area contributed by atoms with Crippen molar-refractivity contribution in [3.05, 3.63) is 11.6 Å². The molecule has 0 unspecified atom stereocenters. The predicted octanol–water partition coefficient (Wildman–Crippen LogP) is 7.84. The third-order valence-electron chi connectivity index (χ3n) is 9.61. The first-order valence-electron chi connectivity index (χ1n) is 18.6. The van der Waals surface area contributed by atoms with E-state index in [0.717, 1.165) is 70.6 Å². The maximum Gasteiger partial charge on any atom is 0.334 e. The molecule has 0 aromatic heterocycles. The first-order chi connectivity index (χ1) is 21.3. The first kappa shape index (κ1) is 39.2. The van der Waals surface area contributed by atoms with E-state index in [1.54, 1.807) is 6.08 Å². The second-order valence-corrected chi connectivity index (χ2v) is 13.8. The molecule has 0 aliphatic carbocycles. The van der Waals surface area contributed by atoms with E-state index in [-0.39, 0.29) is 30.4 Å². The molecular weight excluding hydrogens is 556 g/mol. The Morgan fingerprint density at radius 3 is 1.52 bits per heavy atom. The van der Waals surface area contributed by atoms with E-state index in [2.05, 4.69) is 6.92 Å². The highest BCUT2D eigenvalue weighted by molar-refractivity contribution is 5.90. The fourth-order valence-corrected chi connectivity index (χ4v) is 6.77. The molecule has 7 heteroatoms. The minimum absolute atomic E-state index is 0.140. The summed E-state index contributed by atoms with van der Waals surface area (Å²) in [4.78, 5) is 11.7. The maximum atomic E-state index is 11.7. The summed E-state index contributed by atoms with van der Waals surface area (Å²) >= 11 is 0. The molecule has 2 heterocycles. The lowest BCUT2D eigenvalue weighted by Gasteiger charge is -2.22. The third kappa shape index (κ3) is 17.6. The van der Waals surface area contributed by atoms with Crippen molar-refractivity contribution in [3.63, 3.8) is 0 Å². The summed E-state index contributed by atoms with van der Waals surface area (Å²) in [6, 6.07) is 0. The van der Waals surface area contributed by atoms with Crippen molar-refractivity contribution in [3.8, 4) is 0 Å². The van der Waals surface area contributed by atoms with Crippen molar-refractivity contribution in [2.24, 2.45) is 0 Å². The first-order valence-corrected chi connectivity index (χ1v) is 18.6. The van der Waals surface area contributed by atoms with E-state index >= 15 is 0 Å². The molecule has 0 radical (unpaired) electrons. The zero-order valence-electron chi connectivity index (χ0n) is 28.3. The number of aliphatic hydroxyl groups is 4. The standard InChI is InChI=1S/C37H68O7/c1-3-4-5-6-7-8-9-10-11-12-13-16-23-33(40)35-25-26-36(44-35)34(41)24-17-14-15-20-31(38)21-18-19-22-32(39)28-30-27-29(2)43-37(30)42/h27,29,31-36,38-41H,3-26,28H2,1-2H3/t29-,31-,32+,33+,34+,35+,36+/m0/s1. The van der Waals surface area contributed by atoms with Gasteiger partial charge in [0.2, 0.25) is 0 Å². The number of rotatable bonds is 28. The van der Waals surface area contributed by atoms with Crippen molar-refractivity contribution in [2.75, 3.05) is 0 Å². The highest BCUT2D eigenvalue weighted by Crippen LogP contribution is 2.28. The van der Waals surface area contributed by atoms with Crippen LogP contribution in [0.15, 0.2) is 11.6 Å². The number of hydrogen-bond donors (Lipinski definition) is 4. The minimum Gasteiger partial charge on any atom is -0.455 e. The normalized spacial score (nSPS) is 23.0. The van der Waals surface area contributed by atoms with E-state index in [4.69, 9.17) is 9.47 Å². The van der Waals surface area contributed by atoms with Crippen LogP contribution in [-0.2, 0) is 14.3 Å². The molecule has 1 fully saturated rings. The molecule has 4 N–H and O–H groups in total. The minimum atomic E-state index is -0.552. The molecule has 1 saturated heterocycles. The number of carbonyl (C=O) groups excluding carboxylic acids is 1. The topological polar surface area (TPSA) is 116 Å². The van der Waals surface area contributed by atoms with Crippen LogP contribution >= 0.6 is 0 Å². The second-order valence-electron chi connectivity index (χ2n) is 13.8. The average molecular weight is 625 g/mol. The maximum absolute atomic E-state index is 11.7. The Balaban J connectivity index is 1.39. The molecular formula is C37H68O7. The van der Waals surface area contributed by atoms with Gasteiger partial charge in [0.1, 0.15) is 6.10 Å². The number of cyclic esters (lactones) is 1. The van der Waals surface area contributed by atoms with Crippen LogP contribution in [0.4, 0.5) is 0 Å². The molecule has 2 aliphatic heterocycles. The van der Waals surface area contributed by atoms with Crippen LogP contribution in [0.2, 0.25) is 0 Å². The summed E-state index contributed by atoms with van der Waals surface area (Å²) in [6.07, 6.45) is 25.3. The van der Waals surface area contributed by atoms with Crippen molar-refractivity contribution < 1.29 is 34.7 Å². The van der Waals surface area contributed by atoms with Gasteiger partial charge >= 0.3 is 5.97 Å². The number of esters is 1. The van der Waals surface area contributed by atoms with E-state index in [9.17, 15) is 25.2 Å². The largest absolute Gasteiger partial charge is 0.455 e. The molecule has 0 amide bonds. The number of aliphatic hydroxyl groups excluding tert-OH is 4. The van der Waals surface area contributed by atoms with E-state index in [1.165, 1.54) is 70.6 Å². The van der Waals surface area contributed by atoms with Crippen LogP contribution in [0.25, 0.3) is 0 Å². The number of carbonyl (C=O) groups is 1. The summed E-state index contributed by atoms with van der Waals surface area (Å²) in [5.74, 6) is -0.321. The number of ether oxygens (including phenoxy) is 2. The smallest absolute Gasteiger partial charge is 0.334 e. The van der Waals surface area contributed by atoms with Gasteiger partial charge in [-0.2, -0.15) is 0 Å². The van der Waals surface area contributed by atoms with Gasteiger partial charge in [-0.1, -0.05) is 116 Å². The van der Waals surface area contributed by atoms with Crippen LogP contribution in [-0.4, -0.2) is 69.1 Å². The molecule has 2 aliphatic rings. The average Bonchev–Trinajstić information content (AvgIpc) is 3.61. The number of hydrogen-bond acceptors (Lipinski definition) is 7. The zero-order valence-corrected chi connectivity index (χ0v) is 28.3. The lowest BCUT2D eigenvalue weighted by molar-refractivity contribution is -0.139. The quantitative estimate of drug-likeness (QED) is 0.0518. The van der Waals surface area contributed by atoms with Gasteiger partial charge in [-0.05, 0) is 57.9 Å². The molecule has 7 nitrogen and oxygen atoms in total.